The molecular formula is C21H26N2O3S. The molecule has 1 aromatic rings. The van der Waals surface area contributed by atoms with Gasteiger partial charge in [0.1, 0.15) is 10.7 Å². The zero-order chi connectivity index (χ0) is 19.1. The predicted octanol–water partition coefficient (Wildman–Crippen LogP) is 4.24. The third kappa shape index (κ3) is 5.39. The number of hydrogen-bond acceptors (Lipinski definition) is 4. The molecule has 0 fully saturated rings. The zero-order valence-corrected chi connectivity index (χ0v) is 16.5. The average Bonchev–Trinajstić information content (AvgIpc) is 2.69. The van der Waals surface area contributed by atoms with Crippen molar-refractivity contribution in [1.29, 1.82) is 0 Å². The maximum Gasteiger partial charge on any atom is 0.265 e. The largest absolute Gasteiger partial charge is 0.496 e. The van der Waals surface area contributed by atoms with E-state index in [4.69, 9.17) is 4.74 Å². The molecule has 27 heavy (non-hydrogen) atoms. The molecule has 2 N–H and O–H groups in total. The minimum absolute atomic E-state index is 0.166. The number of carbonyl (C=O) groups is 2. The van der Waals surface area contributed by atoms with Gasteiger partial charge in [-0.3, -0.25) is 9.59 Å². The van der Waals surface area contributed by atoms with Crippen LogP contribution in [0.4, 0.5) is 5.69 Å². The SMILES string of the molecule is CC1=C(C(=O)Nc2ccccc2C(=O)NCCC2=CCCCC2)SCCO1. The molecule has 0 bridgehead atoms. The number of ether oxygens (including phenoxy) is 1. The van der Waals surface area contributed by atoms with Crippen LogP contribution in [0.1, 0.15) is 49.4 Å². The van der Waals surface area contributed by atoms with E-state index in [1.807, 2.05) is 6.07 Å². The first-order valence-electron chi connectivity index (χ1n) is 9.48. The summed E-state index contributed by atoms with van der Waals surface area (Å²) < 4.78 is 5.45. The van der Waals surface area contributed by atoms with Gasteiger partial charge in [-0.05, 0) is 51.2 Å². The van der Waals surface area contributed by atoms with Gasteiger partial charge in [-0.25, -0.2) is 0 Å². The van der Waals surface area contributed by atoms with Crippen molar-refractivity contribution < 1.29 is 14.3 Å². The highest BCUT2D eigenvalue weighted by molar-refractivity contribution is 8.04. The van der Waals surface area contributed by atoms with Gasteiger partial charge in [0.25, 0.3) is 11.8 Å². The van der Waals surface area contributed by atoms with Crippen molar-refractivity contribution in [3.63, 3.8) is 0 Å². The van der Waals surface area contributed by atoms with Gasteiger partial charge in [0.05, 0.1) is 17.9 Å². The summed E-state index contributed by atoms with van der Waals surface area (Å²) in [6, 6.07) is 7.10. The van der Waals surface area contributed by atoms with E-state index in [0.29, 0.717) is 35.1 Å². The van der Waals surface area contributed by atoms with Gasteiger partial charge in [-0.1, -0.05) is 23.8 Å². The number of hydrogen-bond donors (Lipinski definition) is 2. The molecule has 1 aliphatic carbocycles. The van der Waals surface area contributed by atoms with E-state index in [1.165, 1.54) is 30.2 Å². The van der Waals surface area contributed by atoms with E-state index in [2.05, 4.69) is 16.7 Å². The second-order valence-electron chi connectivity index (χ2n) is 6.70. The summed E-state index contributed by atoms with van der Waals surface area (Å²) in [6.45, 7) is 3.02. The highest BCUT2D eigenvalue weighted by Crippen LogP contribution is 2.27. The van der Waals surface area contributed by atoms with Crippen molar-refractivity contribution in [1.82, 2.24) is 5.32 Å². The lowest BCUT2D eigenvalue weighted by molar-refractivity contribution is -0.112. The Morgan fingerprint density at radius 2 is 2.04 bits per heavy atom. The number of carbonyl (C=O) groups excluding carboxylic acids is 2. The van der Waals surface area contributed by atoms with E-state index in [1.54, 1.807) is 25.1 Å². The maximum atomic E-state index is 12.6. The van der Waals surface area contributed by atoms with Crippen LogP contribution in [0.5, 0.6) is 0 Å². The fourth-order valence-electron chi connectivity index (χ4n) is 3.26. The predicted molar refractivity (Wildman–Crippen MR) is 110 cm³/mol. The molecule has 0 spiro atoms. The van der Waals surface area contributed by atoms with Crippen molar-refractivity contribution in [3.8, 4) is 0 Å². The van der Waals surface area contributed by atoms with Gasteiger partial charge in [0.15, 0.2) is 0 Å². The average molecular weight is 387 g/mol. The van der Waals surface area contributed by atoms with Crippen LogP contribution >= 0.6 is 11.8 Å². The molecule has 0 saturated carbocycles. The fourth-order valence-corrected chi connectivity index (χ4v) is 4.08. The van der Waals surface area contributed by atoms with E-state index < -0.39 is 0 Å². The molecule has 2 aliphatic rings. The number of thioether (sulfide) groups is 1. The van der Waals surface area contributed by atoms with Crippen LogP contribution in [0.15, 0.2) is 46.6 Å². The quantitative estimate of drug-likeness (QED) is 0.718. The second kappa shape index (κ2) is 9.65. The molecule has 5 nitrogen and oxygen atoms in total. The van der Waals surface area contributed by atoms with Crippen LogP contribution in [-0.2, 0) is 9.53 Å². The molecule has 1 aromatic carbocycles. The third-order valence-corrected chi connectivity index (χ3v) is 5.84. The highest BCUT2D eigenvalue weighted by Gasteiger charge is 2.20. The standard InChI is InChI=1S/C21H26N2O3S/c1-15-19(27-14-13-26-15)21(25)23-18-10-6-5-9-17(18)20(24)22-12-11-16-7-3-2-4-8-16/h5-7,9-10H,2-4,8,11-14H2,1H3,(H,22,24)(H,23,25). The molecule has 2 amide bonds. The maximum absolute atomic E-state index is 12.6. The molecule has 0 aromatic heterocycles. The van der Waals surface area contributed by atoms with Gasteiger partial charge < -0.3 is 15.4 Å². The Kier molecular flexibility index (Phi) is 6.98. The van der Waals surface area contributed by atoms with Crippen LogP contribution in [0, 0.1) is 0 Å². The normalized spacial score (nSPS) is 17.0. The zero-order valence-electron chi connectivity index (χ0n) is 15.7. The lowest BCUT2D eigenvalue weighted by Gasteiger charge is -2.18. The Hall–Kier alpha value is -2.21. The van der Waals surface area contributed by atoms with Crippen molar-refractivity contribution >= 4 is 29.3 Å². The summed E-state index contributed by atoms with van der Waals surface area (Å²) in [4.78, 5) is 25.7. The molecule has 3 rings (SSSR count). The summed E-state index contributed by atoms with van der Waals surface area (Å²) in [7, 11) is 0. The van der Waals surface area contributed by atoms with Gasteiger partial charge >= 0.3 is 0 Å². The summed E-state index contributed by atoms with van der Waals surface area (Å²) in [5, 5.41) is 5.84. The van der Waals surface area contributed by atoms with Crippen LogP contribution in [0.2, 0.25) is 0 Å². The van der Waals surface area contributed by atoms with Gasteiger partial charge in [0, 0.05) is 12.3 Å². The van der Waals surface area contributed by atoms with Gasteiger partial charge in [-0.15, -0.1) is 11.8 Å². The van der Waals surface area contributed by atoms with Gasteiger partial charge in [0.2, 0.25) is 0 Å². The first-order chi connectivity index (χ1) is 13.1. The lowest BCUT2D eigenvalue weighted by Crippen LogP contribution is -2.27. The first-order valence-corrected chi connectivity index (χ1v) is 10.5. The smallest absolute Gasteiger partial charge is 0.265 e. The summed E-state index contributed by atoms with van der Waals surface area (Å²) >= 11 is 1.48. The Bertz CT molecular complexity index is 770. The number of amides is 2. The number of allylic oxidation sites excluding steroid dienone is 2. The first kappa shape index (κ1) is 19.5. The Morgan fingerprint density at radius 1 is 1.19 bits per heavy atom. The van der Waals surface area contributed by atoms with E-state index >= 15 is 0 Å². The molecule has 0 unspecified atom stereocenters. The van der Waals surface area contributed by atoms with E-state index in [9.17, 15) is 9.59 Å². The van der Waals surface area contributed by atoms with Crippen molar-refractivity contribution in [2.24, 2.45) is 0 Å². The fraction of sp³-hybridized carbons (Fsp3) is 0.429. The third-order valence-electron chi connectivity index (χ3n) is 4.71. The number of nitrogens with one attached hydrogen (secondary N) is 2. The summed E-state index contributed by atoms with van der Waals surface area (Å²) in [6.07, 6.45) is 7.98. The molecule has 6 heteroatoms. The molecule has 0 saturated heterocycles. The molecule has 0 atom stereocenters. The minimum atomic E-state index is -0.232. The minimum Gasteiger partial charge on any atom is -0.496 e. The molecule has 0 radical (unpaired) electrons. The summed E-state index contributed by atoms with van der Waals surface area (Å²) in [5.41, 5.74) is 2.42. The van der Waals surface area contributed by atoms with E-state index in [0.717, 1.165) is 25.0 Å². The van der Waals surface area contributed by atoms with Crippen molar-refractivity contribution in [2.45, 2.75) is 39.0 Å². The van der Waals surface area contributed by atoms with Gasteiger partial charge in [-0.2, -0.15) is 0 Å². The summed E-state index contributed by atoms with van der Waals surface area (Å²) in [5.74, 6) is 0.981. The van der Waals surface area contributed by atoms with Crippen LogP contribution in [0.3, 0.4) is 0 Å². The number of rotatable bonds is 6. The Morgan fingerprint density at radius 3 is 2.81 bits per heavy atom. The lowest BCUT2D eigenvalue weighted by atomic mass is 9.97. The second-order valence-corrected chi connectivity index (χ2v) is 7.80. The monoisotopic (exact) mass is 386 g/mol. The van der Waals surface area contributed by atoms with Crippen molar-refractivity contribution in [2.75, 3.05) is 24.2 Å². The van der Waals surface area contributed by atoms with Crippen LogP contribution in [0.25, 0.3) is 0 Å². The highest BCUT2D eigenvalue weighted by atomic mass is 32.2. The Balaban J connectivity index is 1.61. The van der Waals surface area contributed by atoms with Crippen LogP contribution < -0.4 is 10.6 Å². The number of benzene rings is 1. The molecule has 1 aliphatic heterocycles. The Labute approximate surface area is 164 Å². The molecule has 144 valence electrons. The van der Waals surface area contributed by atoms with E-state index in [-0.39, 0.29) is 11.8 Å². The van der Waals surface area contributed by atoms with Crippen molar-refractivity contribution in [3.05, 3.63) is 52.1 Å². The number of para-hydroxylation sites is 1. The molecule has 1 heterocycles. The number of anilines is 1. The van der Waals surface area contributed by atoms with Crippen LogP contribution in [-0.4, -0.2) is 30.7 Å². The molecular weight excluding hydrogens is 360 g/mol. The topological polar surface area (TPSA) is 67.4 Å².